The molecule has 1 saturated carbocycles. The van der Waals surface area contributed by atoms with E-state index >= 15 is 0 Å². The minimum absolute atomic E-state index is 0.109. The SMILES string of the molecule is CC(Sc1nc(N[C@@H](CO)CC2CCCC2)nc(NS(C)(=O)=O)n1)c1ccc(F)cc1F. The van der Waals surface area contributed by atoms with E-state index in [-0.39, 0.29) is 35.3 Å². The van der Waals surface area contributed by atoms with Gasteiger partial charge >= 0.3 is 0 Å². The van der Waals surface area contributed by atoms with Crippen LogP contribution in [0.1, 0.15) is 49.8 Å². The first-order valence-corrected chi connectivity index (χ1v) is 13.1. The molecule has 0 aliphatic heterocycles. The summed E-state index contributed by atoms with van der Waals surface area (Å²) in [5.74, 6) is -0.935. The zero-order valence-corrected chi connectivity index (χ0v) is 19.5. The van der Waals surface area contributed by atoms with Crippen LogP contribution in [0.4, 0.5) is 20.7 Å². The van der Waals surface area contributed by atoms with Crippen LogP contribution in [0.15, 0.2) is 23.4 Å². The number of nitrogens with zero attached hydrogens (tertiary/aromatic N) is 3. The van der Waals surface area contributed by atoms with Gasteiger partial charge in [-0.3, -0.25) is 4.72 Å². The maximum absolute atomic E-state index is 14.2. The van der Waals surface area contributed by atoms with Crippen LogP contribution in [0.3, 0.4) is 0 Å². The standard InChI is InChI=1S/C20H27F2N5O3S2/c1-12(16-8-7-14(21)10-17(16)22)31-20-25-18(24-19(26-20)27-32(2,29)30)23-15(11-28)9-13-5-3-4-6-13/h7-8,10,12-13,15,28H,3-6,9,11H2,1-2H3,(H2,23,24,25,26,27)/t12?,15-/m1/s1. The Balaban J connectivity index is 1.83. The molecule has 0 saturated heterocycles. The van der Waals surface area contributed by atoms with Crippen molar-refractivity contribution in [2.75, 3.05) is 22.9 Å². The minimum Gasteiger partial charge on any atom is -0.394 e. The predicted molar refractivity (Wildman–Crippen MR) is 120 cm³/mol. The number of hydrogen-bond acceptors (Lipinski definition) is 8. The summed E-state index contributed by atoms with van der Waals surface area (Å²) < 4.78 is 53.0. The summed E-state index contributed by atoms with van der Waals surface area (Å²) in [6.07, 6.45) is 6.29. The topological polar surface area (TPSA) is 117 Å². The van der Waals surface area contributed by atoms with Crippen LogP contribution in [0.25, 0.3) is 0 Å². The largest absolute Gasteiger partial charge is 0.394 e. The Labute approximate surface area is 190 Å². The fourth-order valence-electron chi connectivity index (χ4n) is 3.75. The van der Waals surface area contributed by atoms with E-state index in [4.69, 9.17) is 0 Å². The zero-order chi connectivity index (χ0) is 23.3. The van der Waals surface area contributed by atoms with E-state index in [1.807, 2.05) is 0 Å². The maximum atomic E-state index is 14.2. The summed E-state index contributed by atoms with van der Waals surface area (Å²) in [4.78, 5) is 12.6. The summed E-state index contributed by atoms with van der Waals surface area (Å²) in [7, 11) is -3.65. The highest BCUT2D eigenvalue weighted by molar-refractivity contribution is 7.99. The number of rotatable bonds is 10. The number of thioether (sulfide) groups is 1. The number of aromatic nitrogens is 3. The second kappa shape index (κ2) is 10.7. The molecule has 32 heavy (non-hydrogen) atoms. The lowest BCUT2D eigenvalue weighted by Crippen LogP contribution is -2.28. The molecule has 2 atom stereocenters. The minimum atomic E-state index is -3.65. The predicted octanol–water partition coefficient (Wildman–Crippen LogP) is 3.73. The monoisotopic (exact) mass is 487 g/mol. The van der Waals surface area contributed by atoms with Gasteiger partial charge in [-0.15, -0.1) is 0 Å². The molecule has 1 fully saturated rings. The van der Waals surface area contributed by atoms with Crippen molar-refractivity contribution in [2.45, 2.75) is 55.5 Å². The molecule has 3 N–H and O–H groups in total. The van der Waals surface area contributed by atoms with Gasteiger partial charge in [0.05, 0.1) is 18.9 Å². The van der Waals surface area contributed by atoms with Crippen molar-refractivity contribution in [1.29, 1.82) is 0 Å². The van der Waals surface area contributed by atoms with E-state index in [1.54, 1.807) is 6.92 Å². The van der Waals surface area contributed by atoms with Crippen molar-refractivity contribution in [3.8, 4) is 0 Å². The molecule has 1 heterocycles. The molecule has 1 unspecified atom stereocenters. The average Bonchev–Trinajstić information content (AvgIpc) is 3.18. The summed E-state index contributed by atoms with van der Waals surface area (Å²) >= 11 is 1.08. The van der Waals surface area contributed by atoms with E-state index < -0.39 is 26.9 Å². The van der Waals surface area contributed by atoms with Gasteiger partial charge in [0, 0.05) is 16.9 Å². The van der Waals surface area contributed by atoms with E-state index in [9.17, 15) is 22.3 Å². The van der Waals surface area contributed by atoms with Crippen LogP contribution in [-0.2, 0) is 10.0 Å². The van der Waals surface area contributed by atoms with Gasteiger partial charge in [0.1, 0.15) is 11.6 Å². The van der Waals surface area contributed by atoms with E-state index in [1.165, 1.54) is 25.0 Å². The molecule has 1 aliphatic rings. The third-order valence-electron chi connectivity index (χ3n) is 5.22. The van der Waals surface area contributed by atoms with E-state index in [2.05, 4.69) is 25.0 Å². The molecule has 3 rings (SSSR count). The lowest BCUT2D eigenvalue weighted by atomic mass is 9.99. The Morgan fingerprint density at radius 2 is 1.88 bits per heavy atom. The molecular weight excluding hydrogens is 460 g/mol. The fourth-order valence-corrected chi connectivity index (χ4v) is 5.08. The number of halogens is 2. The lowest BCUT2D eigenvalue weighted by molar-refractivity contribution is 0.254. The summed E-state index contributed by atoms with van der Waals surface area (Å²) in [5, 5.41) is 12.5. The third-order valence-corrected chi connectivity index (χ3v) is 6.77. The third kappa shape index (κ3) is 7.24. The van der Waals surface area contributed by atoms with Gasteiger partial charge in [-0.25, -0.2) is 17.2 Å². The van der Waals surface area contributed by atoms with Crippen molar-refractivity contribution >= 4 is 33.7 Å². The van der Waals surface area contributed by atoms with Gasteiger partial charge in [-0.1, -0.05) is 43.5 Å². The highest BCUT2D eigenvalue weighted by atomic mass is 32.2. The Bertz CT molecular complexity index is 1040. The van der Waals surface area contributed by atoms with Crippen LogP contribution >= 0.6 is 11.8 Å². The normalized spacial score (nSPS) is 16.7. The Hall–Kier alpha value is -2.05. The number of benzene rings is 1. The van der Waals surface area contributed by atoms with Crippen molar-refractivity contribution in [1.82, 2.24) is 15.0 Å². The average molecular weight is 488 g/mol. The van der Waals surface area contributed by atoms with Crippen LogP contribution in [0.5, 0.6) is 0 Å². The summed E-state index contributed by atoms with van der Waals surface area (Å²) in [6.45, 7) is 1.58. The molecule has 2 aromatic rings. The van der Waals surface area contributed by atoms with Gasteiger partial charge in [0.25, 0.3) is 0 Å². The highest BCUT2D eigenvalue weighted by Crippen LogP contribution is 2.35. The smallest absolute Gasteiger partial charge is 0.242 e. The fraction of sp³-hybridized carbons (Fsp3) is 0.550. The Morgan fingerprint density at radius 1 is 1.19 bits per heavy atom. The first-order valence-electron chi connectivity index (χ1n) is 10.4. The first-order chi connectivity index (χ1) is 15.1. The van der Waals surface area contributed by atoms with Crippen molar-refractivity contribution in [3.63, 3.8) is 0 Å². The van der Waals surface area contributed by atoms with Crippen LogP contribution in [0.2, 0.25) is 0 Å². The Kier molecular flexibility index (Phi) is 8.23. The lowest BCUT2D eigenvalue weighted by Gasteiger charge is -2.20. The van der Waals surface area contributed by atoms with Crippen molar-refractivity contribution in [2.24, 2.45) is 5.92 Å². The van der Waals surface area contributed by atoms with E-state index in [0.29, 0.717) is 5.92 Å². The van der Waals surface area contributed by atoms with Crippen molar-refractivity contribution in [3.05, 3.63) is 35.4 Å². The number of sulfonamides is 1. The molecular formula is C20H27F2N5O3S2. The van der Waals surface area contributed by atoms with Crippen molar-refractivity contribution < 1.29 is 22.3 Å². The molecule has 0 amide bonds. The van der Waals surface area contributed by atoms with Crippen LogP contribution in [-0.4, -0.2) is 47.4 Å². The Morgan fingerprint density at radius 3 is 2.50 bits per heavy atom. The second-order valence-corrected chi connectivity index (χ2v) is 11.0. The maximum Gasteiger partial charge on any atom is 0.242 e. The van der Waals surface area contributed by atoms with Gasteiger partial charge in [-0.05, 0) is 25.3 Å². The number of aliphatic hydroxyl groups is 1. The number of anilines is 2. The summed E-state index contributed by atoms with van der Waals surface area (Å²) in [6, 6.07) is 3.03. The zero-order valence-electron chi connectivity index (χ0n) is 17.9. The first kappa shape index (κ1) is 24.6. The molecule has 1 aromatic heterocycles. The van der Waals surface area contributed by atoms with Crippen LogP contribution < -0.4 is 10.0 Å². The number of nitrogens with one attached hydrogen (secondary N) is 2. The number of aliphatic hydroxyl groups excluding tert-OH is 1. The summed E-state index contributed by atoms with van der Waals surface area (Å²) in [5.41, 5.74) is 0.262. The molecule has 1 aromatic carbocycles. The van der Waals surface area contributed by atoms with Gasteiger partial charge in [0.2, 0.25) is 21.9 Å². The molecule has 12 heteroatoms. The second-order valence-electron chi connectivity index (χ2n) is 7.98. The molecule has 0 spiro atoms. The van der Waals surface area contributed by atoms with Crippen LogP contribution in [0, 0.1) is 17.6 Å². The molecule has 8 nitrogen and oxygen atoms in total. The number of hydrogen-bond donors (Lipinski definition) is 3. The molecule has 0 bridgehead atoms. The molecule has 1 aliphatic carbocycles. The van der Waals surface area contributed by atoms with Gasteiger partial charge in [-0.2, -0.15) is 15.0 Å². The van der Waals surface area contributed by atoms with Gasteiger partial charge < -0.3 is 10.4 Å². The highest BCUT2D eigenvalue weighted by Gasteiger charge is 2.22. The van der Waals surface area contributed by atoms with E-state index in [0.717, 1.165) is 43.3 Å². The molecule has 0 radical (unpaired) electrons. The van der Waals surface area contributed by atoms with Gasteiger partial charge in [0.15, 0.2) is 5.16 Å². The molecule has 176 valence electrons. The quantitative estimate of drug-likeness (QED) is 0.434.